The zero-order chi connectivity index (χ0) is 15.4. The molecule has 4 nitrogen and oxygen atoms in total. The first-order chi connectivity index (χ1) is 10.1. The third-order valence-electron chi connectivity index (χ3n) is 3.37. The van der Waals surface area contributed by atoms with Crippen molar-refractivity contribution in [2.75, 3.05) is 12.8 Å². The predicted molar refractivity (Wildman–Crippen MR) is 85.7 cm³/mol. The van der Waals surface area contributed by atoms with Gasteiger partial charge in [-0.1, -0.05) is 44.0 Å². The summed E-state index contributed by atoms with van der Waals surface area (Å²) < 4.78 is 7.16. The molecule has 1 heterocycles. The Morgan fingerprint density at radius 2 is 2.10 bits per heavy atom. The van der Waals surface area contributed by atoms with Crippen molar-refractivity contribution in [2.24, 2.45) is 0 Å². The molecule has 0 amide bonds. The molecule has 0 aliphatic rings. The first-order valence-corrected chi connectivity index (χ1v) is 6.96. The van der Waals surface area contributed by atoms with Crippen LogP contribution in [0.25, 0.3) is 11.3 Å². The van der Waals surface area contributed by atoms with Crippen LogP contribution in [0.1, 0.15) is 31.2 Å². The topological polar surface area (TPSA) is 53.1 Å². The fourth-order valence-electron chi connectivity index (χ4n) is 2.41. The van der Waals surface area contributed by atoms with Crippen molar-refractivity contribution >= 4 is 5.82 Å². The molecule has 0 atom stereocenters. The van der Waals surface area contributed by atoms with E-state index in [4.69, 9.17) is 21.9 Å². The molecule has 2 N–H and O–H groups in total. The lowest BCUT2D eigenvalue weighted by molar-refractivity contribution is 0.185. The maximum absolute atomic E-state index is 6.29. The van der Waals surface area contributed by atoms with Gasteiger partial charge in [0.2, 0.25) is 0 Å². The van der Waals surface area contributed by atoms with Gasteiger partial charge in [-0.15, -0.1) is 6.42 Å². The minimum Gasteiger partial charge on any atom is -0.383 e. The monoisotopic (exact) mass is 283 g/mol. The molecule has 4 heteroatoms. The second-order valence-electron chi connectivity index (χ2n) is 5.24. The van der Waals surface area contributed by atoms with E-state index in [-0.39, 0.29) is 5.92 Å². The zero-order valence-electron chi connectivity index (χ0n) is 12.8. The predicted octanol–water partition coefficient (Wildman–Crippen LogP) is 3.04. The van der Waals surface area contributed by atoms with Gasteiger partial charge >= 0.3 is 0 Å². The molecule has 0 radical (unpaired) electrons. The molecule has 0 aliphatic carbocycles. The second kappa shape index (κ2) is 6.47. The van der Waals surface area contributed by atoms with Gasteiger partial charge < -0.3 is 15.0 Å². The lowest BCUT2D eigenvalue weighted by atomic mass is 10.1. The molecule has 0 aliphatic heterocycles. The molecule has 0 unspecified atom stereocenters. The Balaban J connectivity index is 2.60. The maximum Gasteiger partial charge on any atom is 0.132 e. The van der Waals surface area contributed by atoms with E-state index in [0.717, 1.165) is 22.6 Å². The average Bonchev–Trinajstić information content (AvgIpc) is 2.78. The van der Waals surface area contributed by atoms with E-state index in [9.17, 15) is 0 Å². The number of hydrogen-bond donors (Lipinski definition) is 1. The van der Waals surface area contributed by atoms with E-state index in [1.54, 1.807) is 7.11 Å². The molecule has 0 spiro atoms. The summed E-state index contributed by atoms with van der Waals surface area (Å²) >= 11 is 0. The summed E-state index contributed by atoms with van der Waals surface area (Å²) in [4.78, 5) is 4.73. The summed E-state index contributed by atoms with van der Waals surface area (Å²) in [5.41, 5.74) is 9.13. The molecule has 21 heavy (non-hydrogen) atoms. The van der Waals surface area contributed by atoms with Crippen molar-refractivity contribution in [2.45, 2.75) is 32.9 Å². The number of hydrogen-bond acceptors (Lipinski definition) is 3. The number of anilines is 1. The number of benzene rings is 1. The Hall–Kier alpha value is -2.25. The highest BCUT2D eigenvalue weighted by Gasteiger charge is 2.19. The Labute approximate surface area is 125 Å². The normalized spacial score (nSPS) is 10.8. The molecule has 1 aromatic carbocycles. The largest absolute Gasteiger partial charge is 0.383 e. The van der Waals surface area contributed by atoms with Gasteiger partial charge in [0.15, 0.2) is 0 Å². The van der Waals surface area contributed by atoms with Crippen molar-refractivity contribution < 1.29 is 4.74 Å². The van der Waals surface area contributed by atoms with E-state index < -0.39 is 0 Å². The molecule has 2 aromatic rings. The number of methoxy groups -OCH3 is 1. The van der Waals surface area contributed by atoms with Crippen LogP contribution in [0.2, 0.25) is 0 Å². The van der Waals surface area contributed by atoms with Crippen LogP contribution in [0.4, 0.5) is 5.82 Å². The van der Waals surface area contributed by atoms with Crippen LogP contribution in [0.5, 0.6) is 0 Å². The van der Waals surface area contributed by atoms with Gasteiger partial charge in [-0.25, -0.2) is 4.98 Å². The molecular weight excluding hydrogens is 262 g/mol. The fraction of sp³-hybridized carbons (Fsp3) is 0.353. The van der Waals surface area contributed by atoms with Crippen LogP contribution in [-0.4, -0.2) is 16.7 Å². The smallest absolute Gasteiger partial charge is 0.132 e. The molecule has 0 bridgehead atoms. The third kappa shape index (κ3) is 2.93. The summed E-state index contributed by atoms with van der Waals surface area (Å²) in [7, 11) is 1.68. The standard InChI is InChI=1S/C17H21N3O/c1-5-10-20-16(18)15(19-17(20)12(2)3)14-9-7-6-8-13(14)11-21-4/h1,6-9,12H,10-11,18H2,2-4H3. The maximum atomic E-state index is 6.29. The van der Waals surface area contributed by atoms with Crippen LogP contribution >= 0.6 is 0 Å². The average molecular weight is 283 g/mol. The highest BCUT2D eigenvalue weighted by molar-refractivity contribution is 5.74. The molecule has 0 saturated carbocycles. The van der Waals surface area contributed by atoms with Crippen molar-refractivity contribution in [1.82, 2.24) is 9.55 Å². The SMILES string of the molecule is C#CCn1c(C(C)C)nc(-c2ccccc2COC)c1N. The number of aromatic nitrogens is 2. The van der Waals surface area contributed by atoms with Gasteiger partial charge in [-0.05, 0) is 5.56 Å². The fourth-order valence-corrected chi connectivity index (χ4v) is 2.41. The van der Waals surface area contributed by atoms with E-state index in [1.807, 2.05) is 28.8 Å². The van der Waals surface area contributed by atoms with Crippen LogP contribution in [0.15, 0.2) is 24.3 Å². The summed E-state index contributed by atoms with van der Waals surface area (Å²) in [6.45, 7) is 5.12. The number of nitrogens with two attached hydrogens (primary N) is 1. The van der Waals surface area contributed by atoms with Gasteiger partial charge in [0.25, 0.3) is 0 Å². The van der Waals surface area contributed by atoms with Crippen LogP contribution < -0.4 is 5.73 Å². The van der Waals surface area contributed by atoms with Gasteiger partial charge in [0.05, 0.1) is 13.2 Å². The Kier molecular flexibility index (Phi) is 4.66. The first kappa shape index (κ1) is 15.1. The van der Waals surface area contributed by atoms with Gasteiger partial charge in [0.1, 0.15) is 17.3 Å². The lowest BCUT2D eigenvalue weighted by Crippen LogP contribution is -2.07. The number of nitrogens with zero attached hydrogens (tertiary/aromatic N) is 2. The molecular formula is C17H21N3O. The summed E-state index contributed by atoms with van der Waals surface area (Å²) in [5, 5.41) is 0. The molecule has 2 rings (SSSR count). The zero-order valence-corrected chi connectivity index (χ0v) is 12.8. The summed E-state index contributed by atoms with van der Waals surface area (Å²) in [6.07, 6.45) is 5.45. The number of ether oxygens (including phenoxy) is 1. The van der Waals surface area contributed by atoms with Crippen molar-refractivity contribution in [3.63, 3.8) is 0 Å². The minimum atomic E-state index is 0.254. The highest BCUT2D eigenvalue weighted by Crippen LogP contribution is 2.31. The number of imidazole rings is 1. The van der Waals surface area contributed by atoms with Gasteiger partial charge in [-0.2, -0.15) is 0 Å². The minimum absolute atomic E-state index is 0.254. The summed E-state index contributed by atoms with van der Waals surface area (Å²) in [5.74, 6) is 4.42. The first-order valence-electron chi connectivity index (χ1n) is 6.96. The van der Waals surface area contributed by atoms with E-state index in [0.29, 0.717) is 19.0 Å². The van der Waals surface area contributed by atoms with Crippen molar-refractivity contribution in [3.8, 4) is 23.6 Å². The van der Waals surface area contributed by atoms with Crippen molar-refractivity contribution in [1.29, 1.82) is 0 Å². The third-order valence-corrected chi connectivity index (χ3v) is 3.37. The lowest BCUT2D eigenvalue weighted by Gasteiger charge is -2.09. The van der Waals surface area contributed by atoms with Crippen LogP contribution in [-0.2, 0) is 17.9 Å². The Morgan fingerprint density at radius 3 is 2.71 bits per heavy atom. The van der Waals surface area contributed by atoms with Gasteiger partial charge in [-0.3, -0.25) is 0 Å². The number of rotatable bonds is 5. The highest BCUT2D eigenvalue weighted by atomic mass is 16.5. The molecule has 1 aromatic heterocycles. The van der Waals surface area contributed by atoms with Crippen LogP contribution in [0.3, 0.4) is 0 Å². The molecule has 0 saturated heterocycles. The molecule has 0 fully saturated rings. The summed E-state index contributed by atoms with van der Waals surface area (Å²) in [6, 6.07) is 7.99. The molecule has 110 valence electrons. The second-order valence-corrected chi connectivity index (χ2v) is 5.24. The van der Waals surface area contributed by atoms with E-state index >= 15 is 0 Å². The number of terminal acetylenes is 1. The quantitative estimate of drug-likeness (QED) is 0.858. The Bertz CT molecular complexity index is 665. The van der Waals surface area contributed by atoms with E-state index in [2.05, 4.69) is 19.8 Å². The number of nitrogen functional groups attached to an aromatic ring is 1. The van der Waals surface area contributed by atoms with Gasteiger partial charge in [0, 0.05) is 18.6 Å². The van der Waals surface area contributed by atoms with Crippen LogP contribution in [0, 0.1) is 12.3 Å². The van der Waals surface area contributed by atoms with Crippen molar-refractivity contribution in [3.05, 3.63) is 35.7 Å². The van der Waals surface area contributed by atoms with E-state index in [1.165, 1.54) is 0 Å². The Morgan fingerprint density at radius 1 is 1.38 bits per heavy atom.